The van der Waals surface area contributed by atoms with E-state index in [1.54, 1.807) is 20.9 Å². The number of carbonyl (C=O) groups is 8. The number of hydrogen-bond donors (Lipinski definition) is 0. The Bertz CT molecular complexity index is 3580. The van der Waals surface area contributed by atoms with Gasteiger partial charge in [-0.25, -0.2) is 24.0 Å². The molecule has 3 aliphatic heterocycles. The molecule has 6 heterocycles. The van der Waals surface area contributed by atoms with Gasteiger partial charge in [0.25, 0.3) is 5.78 Å². The van der Waals surface area contributed by atoms with Crippen LogP contribution in [0.2, 0.25) is 0 Å². The van der Waals surface area contributed by atoms with E-state index in [-0.39, 0.29) is 18.3 Å². The number of esters is 2. The Morgan fingerprint density at radius 3 is 1.30 bits per heavy atom. The molecule has 3 aliphatic rings. The van der Waals surface area contributed by atoms with Crippen LogP contribution in [0.5, 0.6) is 0 Å². The zero-order valence-corrected chi connectivity index (χ0v) is 53.6. The van der Waals surface area contributed by atoms with E-state index < -0.39 is 60.5 Å². The van der Waals surface area contributed by atoms with Gasteiger partial charge in [-0.05, 0) is 152 Å². The molecule has 0 atom stereocenters. The highest BCUT2D eigenvalue weighted by Crippen LogP contribution is 2.33. The average Bonchev–Trinajstić information content (AvgIpc) is 1.74. The lowest BCUT2D eigenvalue weighted by Crippen LogP contribution is -2.37. The van der Waals surface area contributed by atoms with Gasteiger partial charge in [-0.1, -0.05) is 43.1 Å². The fourth-order valence-electron chi connectivity index (χ4n) is 9.19. The zero-order valence-electron chi connectivity index (χ0n) is 49.7. The number of nitrogens with zero attached hydrogens (tertiary/aromatic N) is 6. The van der Waals surface area contributed by atoms with Crippen molar-refractivity contribution in [2.24, 2.45) is 0 Å². The van der Waals surface area contributed by atoms with Crippen LogP contribution in [0.25, 0.3) is 32.7 Å². The number of rotatable bonds is 5. The van der Waals surface area contributed by atoms with Gasteiger partial charge in [-0.2, -0.15) is 17.2 Å². The van der Waals surface area contributed by atoms with Gasteiger partial charge in [0.2, 0.25) is 0 Å². The molecule has 3 aromatic heterocycles. The monoisotopic (exact) mass is 1330 g/mol. The molecular weight excluding hydrogens is 1260 g/mol. The SMILES string of the molecule is CC(C)(C)OC(=O)N1CCn2ccc3cc(Br)cc(c32)C1.COC(=O)C(=O)c1cn2c3c(cc(C)cc13)CN(C(=O)OC(C)(C)C)CC2.COC(=O)C(F)(F)S(=O)(=O)F.Cc1cc2c3c(ccn3CCN(C(=O)OC(C)(C)C)C2)c1.O=C(Cl)C(=O)Cl. The molecule has 0 saturated heterocycles. The Kier molecular flexibility index (Phi) is 22.4. The lowest BCUT2D eigenvalue weighted by Gasteiger charge is -2.26. The van der Waals surface area contributed by atoms with E-state index in [2.05, 4.69) is 113 Å². The van der Waals surface area contributed by atoms with Crippen LogP contribution >= 0.6 is 39.1 Å². The molecule has 3 aromatic carbocycles. The number of halogens is 6. The third kappa shape index (κ3) is 18.2. The number of aromatic nitrogens is 3. The average molecular weight is 1330 g/mol. The van der Waals surface area contributed by atoms with Crippen LogP contribution < -0.4 is 0 Å². The maximum absolute atomic E-state index is 12.5. The number of aryl methyl sites for hydroxylation is 2. The summed E-state index contributed by atoms with van der Waals surface area (Å²) in [6.07, 6.45) is 5.01. The molecule has 0 N–H and O–H groups in total. The van der Waals surface area contributed by atoms with Crippen molar-refractivity contribution in [2.45, 2.75) is 137 Å². The normalized spacial score (nSPS) is 14.0. The van der Waals surface area contributed by atoms with Crippen LogP contribution in [-0.2, 0) is 92.4 Å². The van der Waals surface area contributed by atoms with Gasteiger partial charge in [0.1, 0.15) is 16.8 Å². The third-order valence-corrected chi connectivity index (χ3v) is 14.2. The summed E-state index contributed by atoms with van der Waals surface area (Å²) in [6.45, 7) is 26.3. The Hall–Kier alpha value is -7.16. The summed E-state index contributed by atoms with van der Waals surface area (Å²) in [6, 6.07) is 16.7. The van der Waals surface area contributed by atoms with Crippen LogP contribution in [-0.4, -0.2) is 139 Å². The van der Waals surface area contributed by atoms with Crippen molar-refractivity contribution in [2.75, 3.05) is 33.9 Å². The third-order valence-electron chi connectivity index (χ3n) is 12.6. The van der Waals surface area contributed by atoms with Gasteiger partial charge >= 0.3 is 56.2 Å². The van der Waals surface area contributed by atoms with Crippen molar-refractivity contribution in [1.29, 1.82) is 0 Å². The second-order valence-electron chi connectivity index (χ2n) is 23.0. The minimum absolute atomic E-state index is 0.233. The van der Waals surface area contributed by atoms with E-state index >= 15 is 0 Å². The van der Waals surface area contributed by atoms with E-state index in [1.807, 2.05) is 85.9 Å². The summed E-state index contributed by atoms with van der Waals surface area (Å²) in [5.41, 5.74) is 7.57. The molecule has 3 amide bonds. The Labute approximate surface area is 513 Å². The van der Waals surface area contributed by atoms with Crippen molar-refractivity contribution in [3.8, 4) is 0 Å². The lowest BCUT2D eigenvalue weighted by atomic mass is 10.0. The molecule has 0 saturated carbocycles. The Morgan fingerprint density at radius 2 is 0.930 bits per heavy atom. The first-order chi connectivity index (χ1) is 39.6. The van der Waals surface area contributed by atoms with Gasteiger partial charge < -0.3 is 52.1 Å². The van der Waals surface area contributed by atoms with E-state index in [0.29, 0.717) is 63.9 Å². The van der Waals surface area contributed by atoms with Gasteiger partial charge in [0.15, 0.2) is 0 Å². The first-order valence-electron chi connectivity index (χ1n) is 26.5. The molecule has 6 aromatic rings. The largest absolute Gasteiger partial charge is 0.470 e. The maximum atomic E-state index is 12.5. The van der Waals surface area contributed by atoms with Crippen molar-refractivity contribution in [3.63, 3.8) is 0 Å². The molecule has 0 fully saturated rings. The summed E-state index contributed by atoms with van der Waals surface area (Å²) in [5, 5.41) is -4.25. The lowest BCUT2D eigenvalue weighted by molar-refractivity contribution is -0.158. The van der Waals surface area contributed by atoms with Gasteiger partial charge in [-0.3, -0.25) is 14.4 Å². The Morgan fingerprint density at radius 1 is 0.547 bits per heavy atom. The van der Waals surface area contributed by atoms with Crippen molar-refractivity contribution < 1.29 is 83.1 Å². The number of hydrogen-bond acceptors (Lipinski definition) is 15. The maximum Gasteiger partial charge on any atom is 0.470 e. The summed E-state index contributed by atoms with van der Waals surface area (Å²) in [5.74, 6) is -3.99. The predicted octanol–water partition coefficient (Wildman–Crippen LogP) is 11.5. The van der Waals surface area contributed by atoms with Crippen molar-refractivity contribution in [3.05, 3.63) is 105 Å². The Balaban J connectivity index is 0.000000209. The molecule has 86 heavy (non-hydrogen) atoms. The molecule has 0 radical (unpaired) electrons. The van der Waals surface area contributed by atoms with Crippen LogP contribution in [0.15, 0.2) is 71.6 Å². The molecular formula is C58H68BrCl2F3N6O15S. The van der Waals surface area contributed by atoms with Crippen molar-refractivity contribution in [1.82, 2.24) is 28.4 Å². The summed E-state index contributed by atoms with van der Waals surface area (Å²) in [7, 11) is -4.51. The quantitative estimate of drug-likeness (QED) is 0.0512. The van der Waals surface area contributed by atoms with E-state index in [0.717, 1.165) is 39.8 Å². The number of benzene rings is 3. The summed E-state index contributed by atoms with van der Waals surface area (Å²) >= 11 is 12.5. The van der Waals surface area contributed by atoms with Crippen LogP contribution in [0.4, 0.5) is 27.1 Å². The number of ketones is 1. The van der Waals surface area contributed by atoms with Gasteiger partial charge in [0.05, 0.1) is 56.0 Å². The number of Topliss-reactive ketones (excluding diaryl/α,β-unsaturated/α-hetero) is 1. The van der Waals surface area contributed by atoms with Crippen molar-refractivity contribution >= 4 is 129 Å². The van der Waals surface area contributed by atoms with Crippen LogP contribution in [0.3, 0.4) is 0 Å². The first kappa shape index (κ1) is 69.6. The standard InChI is InChI=1S/C20H24N2O5.C17H22N2O2.C16H19BrN2O2.C3H3F3O4S.C2Cl2O2/c1-12-8-13-10-22(19(25)27-20(2,3)4)7-6-21-11-15(14(9-12)16(13)21)17(23)18(24)26-5;1-12-9-13-5-6-18-7-8-19(11-14(10-12)15(13)18)16(20)21-17(2,3)4;1-16(2,3)21-15(20)19-7-6-18-5-4-11-8-13(17)9-12(10-19)14(11)18;1-10-2(7)3(4,5)11(6,8)9;3-1(5)2(4)6/h8-9,11H,6-7,10H2,1-5H3;5-6,9-10H,7-8,11H2,1-4H3;4-5,8-9H,6-7,10H2,1-3H3;1H3;. The van der Waals surface area contributed by atoms with E-state index in [4.69, 9.17) is 14.2 Å². The number of alkyl halides is 2. The van der Waals surface area contributed by atoms with Gasteiger partial charge in [-0.15, -0.1) is 0 Å². The predicted molar refractivity (Wildman–Crippen MR) is 318 cm³/mol. The summed E-state index contributed by atoms with van der Waals surface area (Å²) in [4.78, 5) is 95.3. The second-order valence-corrected chi connectivity index (χ2v) is 25.9. The number of amides is 3. The molecule has 0 spiro atoms. The van der Waals surface area contributed by atoms with Gasteiger partial charge in [0, 0.05) is 78.5 Å². The highest BCUT2D eigenvalue weighted by molar-refractivity contribution is 9.10. The number of carbonyl (C=O) groups excluding carboxylic acids is 8. The van der Waals surface area contributed by atoms with Crippen LogP contribution in [0, 0.1) is 13.8 Å². The van der Waals surface area contributed by atoms with E-state index in [9.17, 15) is 59.4 Å². The fraction of sp³-hybridized carbons (Fsp3) is 0.448. The molecule has 0 aliphatic carbocycles. The minimum atomic E-state index is -6.22. The number of methoxy groups -OCH3 is 2. The highest BCUT2D eigenvalue weighted by Gasteiger charge is 2.55. The zero-order chi connectivity index (χ0) is 64.8. The van der Waals surface area contributed by atoms with Crippen LogP contribution in [0.1, 0.15) is 100 Å². The van der Waals surface area contributed by atoms with E-state index in [1.165, 1.54) is 40.0 Å². The number of ether oxygens (including phenoxy) is 5. The molecule has 21 nitrogen and oxygen atoms in total. The molecule has 9 rings (SSSR count). The minimum Gasteiger partial charge on any atom is -0.464 e. The first-order valence-corrected chi connectivity index (χ1v) is 29.4. The topological polar surface area (TPSA) is 241 Å². The summed E-state index contributed by atoms with van der Waals surface area (Å²) < 4.78 is 86.2. The molecule has 28 heteroatoms. The smallest absolute Gasteiger partial charge is 0.464 e. The molecule has 0 bridgehead atoms. The molecule has 0 unspecified atom stereocenters. The fourth-order valence-corrected chi connectivity index (χ4v) is 10.00. The molecule has 468 valence electrons. The highest BCUT2D eigenvalue weighted by atomic mass is 79.9. The second kappa shape index (κ2) is 27.7.